The van der Waals surface area contributed by atoms with Crippen LogP contribution in [0.3, 0.4) is 0 Å². The Labute approximate surface area is 139 Å². The van der Waals surface area contributed by atoms with Crippen LogP contribution < -0.4 is 10.0 Å². The van der Waals surface area contributed by atoms with Crippen LogP contribution in [0.15, 0.2) is 11.1 Å². The van der Waals surface area contributed by atoms with Gasteiger partial charge in [-0.15, -0.1) is 0 Å². The molecule has 0 bridgehead atoms. The Balaban J connectivity index is 2.01. The molecule has 1 fully saturated rings. The van der Waals surface area contributed by atoms with Gasteiger partial charge in [0.1, 0.15) is 12.3 Å². The quantitative estimate of drug-likeness (QED) is 0.787. The van der Waals surface area contributed by atoms with Gasteiger partial charge in [-0.1, -0.05) is 0 Å². The normalized spacial score (nSPS) is 24.8. The Hall–Kier alpha value is -1.81. The van der Waals surface area contributed by atoms with E-state index in [1.165, 1.54) is 0 Å². The lowest BCUT2D eigenvalue weighted by Crippen LogP contribution is -2.38. The van der Waals surface area contributed by atoms with E-state index in [2.05, 4.69) is 15.0 Å². The maximum Gasteiger partial charge on any atom is 0.310 e. The van der Waals surface area contributed by atoms with Crippen molar-refractivity contribution in [2.75, 3.05) is 42.0 Å². The van der Waals surface area contributed by atoms with Gasteiger partial charge in [-0.2, -0.15) is 4.98 Å². The van der Waals surface area contributed by atoms with Gasteiger partial charge < -0.3 is 14.2 Å². The first kappa shape index (κ1) is 17.0. The first-order valence-electron chi connectivity index (χ1n) is 7.81. The molecule has 1 N–H and O–H groups in total. The summed E-state index contributed by atoms with van der Waals surface area (Å²) in [6.07, 6.45) is 1.70. The van der Waals surface area contributed by atoms with E-state index in [1.807, 2.05) is 21.1 Å². The van der Waals surface area contributed by atoms with Crippen LogP contribution in [0.2, 0.25) is 0 Å². The van der Waals surface area contributed by atoms with E-state index in [-0.39, 0.29) is 24.0 Å². The molecule has 0 amide bonds. The highest BCUT2D eigenvalue weighted by Gasteiger charge is 2.37. The van der Waals surface area contributed by atoms with Gasteiger partial charge in [0.2, 0.25) is 0 Å². The van der Waals surface area contributed by atoms with Crippen molar-refractivity contribution in [3.05, 3.63) is 16.7 Å². The summed E-state index contributed by atoms with van der Waals surface area (Å²) in [6.45, 7) is 0.444. The number of aromatic nitrogens is 4. The van der Waals surface area contributed by atoms with Crippen LogP contribution in [0.25, 0.3) is 11.2 Å². The average Bonchev–Trinajstić information content (AvgIpc) is 3.10. The van der Waals surface area contributed by atoms with Gasteiger partial charge in [0, 0.05) is 20.6 Å². The lowest BCUT2D eigenvalue weighted by molar-refractivity contribution is -0.0597. The lowest BCUT2D eigenvalue weighted by atomic mass is 10.2. The van der Waals surface area contributed by atoms with Gasteiger partial charge in [-0.3, -0.25) is 18.8 Å². The number of methoxy groups -OCH3 is 2. The summed E-state index contributed by atoms with van der Waals surface area (Å²) in [5.41, 5.74) is 0.566. The third-order valence-corrected chi connectivity index (χ3v) is 4.18. The van der Waals surface area contributed by atoms with Gasteiger partial charge in [0.15, 0.2) is 11.2 Å². The molecule has 0 saturated carbocycles. The molecule has 0 spiro atoms. The van der Waals surface area contributed by atoms with Crippen molar-refractivity contribution >= 4 is 17.1 Å². The fraction of sp³-hybridized carbons (Fsp3) is 0.667. The van der Waals surface area contributed by atoms with Crippen molar-refractivity contribution in [2.45, 2.75) is 24.9 Å². The number of aromatic amines is 1. The smallest absolute Gasteiger partial charge is 0.310 e. The van der Waals surface area contributed by atoms with Crippen LogP contribution in [0.1, 0.15) is 12.6 Å². The van der Waals surface area contributed by atoms with Crippen LogP contribution in [-0.2, 0) is 14.2 Å². The summed E-state index contributed by atoms with van der Waals surface area (Å²) in [4.78, 5) is 23.9. The zero-order valence-electron chi connectivity index (χ0n) is 14.6. The highest BCUT2D eigenvalue weighted by molar-refractivity contribution is 5.70. The van der Waals surface area contributed by atoms with E-state index >= 15 is 0 Å². The Kier molecular flexibility index (Phi) is 4.43. The minimum Gasteiger partial charge on any atom is -0.382 e. The molecule has 2 aromatic heterocycles. The molecule has 3 atom stereocenters. The van der Waals surface area contributed by atoms with Gasteiger partial charge in [0.05, 0.1) is 40.2 Å². The zero-order valence-corrected chi connectivity index (χ0v) is 14.6. The number of rotatable bonds is 5. The van der Waals surface area contributed by atoms with Gasteiger partial charge in [-0.25, -0.2) is 4.98 Å². The second-order valence-electron chi connectivity index (χ2n) is 6.82. The largest absolute Gasteiger partial charge is 0.382 e. The molecule has 1 saturated heterocycles. The van der Waals surface area contributed by atoms with Crippen LogP contribution >= 0.6 is 0 Å². The van der Waals surface area contributed by atoms with Crippen molar-refractivity contribution in [3.63, 3.8) is 0 Å². The molecule has 9 heteroatoms. The summed E-state index contributed by atoms with van der Waals surface area (Å²) in [7, 11) is 9.10. The van der Waals surface area contributed by atoms with E-state index < -0.39 is 0 Å². The van der Waals surface area contributed by atoms with Gasteiger partial charge >= 0.3 is 5.95 Å². The number of nitrogens with zero attached hydrogens (tertiary/aromatic N) is 4. The summed E-state index contributed by atoms with van der Waals surface area (Å²) >= 11 is 0. The maximum atomic E-state index is 12.3. The summed E-state index contributed by atoms with van der Waals surface area (Å²) in [5.74, 6) is 0.559. The van der Waals surface area contributed by atoms with Crippen LogP contribution in [0.4, 0.5) is 5.95 Å². The number of ether oxygens (including phenoxy) is 3. The van der Waals surface area contributed by atoms with Gasteiger partial charge in [-0.05, 0) is 0 Å². The van der Waals surface area contributed by atoms with Crippen molar-refractivity contribution in [3.8, 4) is 0 Å². The molecular weight excluding hydrogens is 314 g/mol. The van der Waals surface area contributed by atoms with Crippen LogP contribution in [0.5, 0.6) is 0 Å². The molecule has 1 aliphatic rings. The number of H-pyrrole nitrogens is 1. The molecule has 3 rings (SSSR count). The number of hydrogen-bond acceptors (Lipinski definition) is 6. The molecule has 2 aromatic rings. The Bertz CT molecular complexity index is 778. The molecule has 0 aliphatic carbocycles. The molecule has 24 heavy (non-hydrogen) atoms. The van der Waals surface area contributed by atoms with Crippen molar-refractivity contribution in [1.29, 1.82) is 0 Å². The topological polar surface area (TPSA) is 91.3 Å². The third-order valence-electron chi connectivity index (χ3n) is 4.18. The van der Waals surface area contributed by atoms with Crippen molar-refractivity contribution in [2.24, 2.45) is 0 Å². The summed E-state index contributed by atoms with van der Waals surface area (Å²) < 4.78 is 18.9. The second kappa shape index (κ2) is 6.25. The SMILES string of the molecule is COC[C@H]1O[C@@H](n2cnc3c(=O)[nH]c([N+](C)(C)C)nc32)C[C@H]1OC. The van der Waals surface area contributed by atoms with Gasteiger partial charge in [0.25, 0.3) is 5.56 Å². The minimum atomic E-state index is -0.297. The Morgan fingerprint density at radius 1 is 1.42 bits per heavy atom. The summed E-state index contributed by atoms with van der Waals surface area (Å²) in [6, 6.07) is 0. The maximum absolute atomic E-state index is 12.3. The molecule has 0 unspecified atom stereocenters. The number of nitrogens with one attached hydrogen (secondary N) is 1. The Morgan fingerprint density at radius 3 is 2.79 bits per heavy atom. The highest BCUT2D eigenvalue weighted by Crippen LogP contribution is 2.32. The summed E-state index contributed by atoms with van der Waals surface area (Å²) in [5, 5.41) is 0. The second-order valence-corrected chi connectivity index (χ2v) is 6.82. The molecule has 1 aliphatic heterocycles. The number of hydrogen-bond donors (Lipinski definition) is 1. The first-order valence-corrected chi connectivity index (χ1v) is 7.81. The monoisotopic (exact) mass is 338 g/mol. The first-order chi connectivity index (χ1) is 11.3. The fourth-order valence-corrected chi connectivity index (χ4v) is 2.88. The standard InChI is InChI=1S/C15H23N5O4/c1-20(2,3)15-17-13-12(14(21)18-15)16-8-19(13)11-6-9(23-5)10(24-11)7-22-4/h8-11H,6-7H2,1-5H3/p+1/t9-,10-,11-/m1/s1. The highest BCUT2D eigenvalue weighted by atomic mass is 16.6. The number of fused-ring (bicyclic) bond motifs is 1. The van der Waals surface area contributed by atoms with E-state index in [0.717, 1.165) is 0 Å². The minimum absolute atomic E-state index is 0.0766. The van der Waals surface area contributed by atoms with E-state index in [9.17, 15) is 4.79 Å². The van der Waals surface area contributed by atoms with Crippen LogP contribution in [-0.4, -0.2) is 73.7 Å². The average molecular weight is 338 g/mol. The lowest BCUT2D eigenvalue weighted by Gasteiger charge is -2.21. The van der Waals surface area contributed by atoms with Crippen molar-refractivity contribution in [1.82, 2.24) is 24.0 Å². The van der Waals surface area contributed by atoms with Crippen molar-refractivity contribution < 1.29 is 14.2 Å². The molecule has 0 radical (unpaired) electrons. The predicted molar refractivity (Wildman–Crippen MR) is 88.9 cm³/mol. The molecule has 132 valence electrons. The zero-order chi connectivity index (χ0) is 17.5. The number of quaternary nitrogens is 1. The molecule has 0 aromatic carbocycles. The van der Waals surface area contributed by atoms with E-state index in [1.54, 1.807) is 25.1 Å². The number of imidazole rings is 1. The molecule has 9 nitrogen and oxygen atoms in total. The third kappa shape index (κ3) is 2.95. The molecular formula is C15H24N5O4+. The predicted octanol–water partition coefficient (Wildman–Crippen LogP) is 0.265. The molecule has 3 heterocycles. The Morgan fingerprint density at radius 2 is 2.17 bits per heavy atom. The fourth-order valence-electron chi connectivity index (χ4n) is 2.88. The van der Waals surface area contributed by atoms with E-state index in [0.29, 0.717) is 34.6 Å². The van der Waals surface area contributed by atoms with E-state index in [4.69, 9.17) is 14.2 Å². The van der Waals surface area contributed by atoms with Crippen LogP contribution in [0, 0.1) is 0 Å².